The number of fused-ring (bicyclic) bond motifs is 1. The minimum Gasteiger partial charge on any atom is -0.481 e. The summed E-state index contributed by atoms with van der Waals surface area (Å²) in [4.78, 5) is 15.3. The maximum atomic E-state index is 10.9. The van der Waals surface area contributed by atoms with Crippen LogP contribution in [-0.2, 0) is 11.2 Å². The van der Waals surface area contributed by atoms with E-state index in [9.17, 15) is 4.79 Å². The van der Waals surface area contributed by atoms with Crippen LogP contribution < -0.4 is 0 Å². The number of benzene rings is 1. The van der Waals surface area contributed by atoms with E-state index in [1.165, 1.54) is 22.3 Å². The molecule has 0 bridgehead atoms. The Labute approximate surface area is 115 Å². The zero-order valence-electron chi connectivity index (χ0n) is 10.7. The van der Waals surface area contributed by atoms with Crippen molar-refractivity contribution in [2.24, 2.45) is 0 Å². The second-order valence-corrected chi connectivity index (χ2v) is 5.87. The third-order valence-electron chi connectivity index (χ3n) is 3.90. The predicted molar refractivity (Wildman–Crippen MR) is 75.6 cm³/mol. The number of aromatic nitrogens is 1. The number of carboxylic acid groups (broad SMARTS) is 1. The average molecular weight is 273 g/mol. The van der Waals surface area contributed by atoms with Crippen molar-refractivity contribution in [3.05, 3.63) is 40.4 Å². The number of thiazole rings is 1. The number of nitrogens with zero attached hydrogens (tertiary/aromatic N) is 1. The van der Waals surface area contributed by atoms with Crippen LogP contribution in [0.3, 0.4) is 0 Å². The van der Waals surface area contributed by atoms with Crippen LogP contribution in [0.1, 0.15) is 35.4 Å². The van der Waals surface area contributed by atoms with Crippen molar-refractivity contribution in [1.82, 2.24) is 4.98 Å². The van der Waals surface area contributed by atoms with Crippen LogP contribution in [0.5, 0.6) is 0 Å². The van der Waals surface area contributed by atoms with Gasteiger partial charge in [0.05, 0.1) is 6.42 Å². The topological polar surface area (TPSA) is 50.2 Å². The van der Waals surface area contributed by atoms with E-state index in [-0.39, 0.29) is 12.3 Å². The number of hydrogen-bond acceptors (Lipinski definition) is 3. The third-order valence-corrected chi connectivity index (χ3v) is 4.71. The third kappa shape index (κ3) is 2.16. The van der Waals surface area contributed by atoms with Gasteiger partial charge in [-0.2, -0.15) is 0 Å². The maximum absolute atomic E-state index is 10.9. The Morgan fingerprint density at radius 3 is 3.05 bits per heavy atom. The summed E-state index contributed by atoms with van der Waals surface area (Å²) in [7, 11) is 0. The van der Waals surface area contributed by atoms with Crippen LogP contribution in [0.25, 0.3) is 10.6 Å². The molecule has 2 aromatic rings. The van der Waals surface area contributed by atoms with Crippen LogP contribution in [0.4, 0.5) is 0 Å². The van der Waals surface area contributed by atoms with E-state index >= 15 is 0 Å². The first-order valence-electron chi connectivity index (χ1n) is 6.41. The Morgan fingerprint density at radius 2 is 2.37 bits per heavy atom. The van der Waals surface area contributed by atoms with Gasteiger partial charge in [-0.1, -0.05) is 12.1 Å². The van der Waals surface area contributed by atoms with Crippen LogP contribution in [-0.4, -0.2) is 16.1 Å². The predicted octanol–water partition coefficient (Wildman–Crippen LogP) is 3.62. The molecule has 1 aromatic heterocycles. The molecule has 0 aliphatic heterocycles. The Hall–Kier alpha value is -1.68. The molecule has 0 spiro atoms. The zero-order chi connectivity index (χ0) is 13.4. The van der Waals surface area contributed by atoms with Gasteiger partial charge >= 0.3 is 5.97 Å². The number of carboxylic acids is 1. The molecule has 1 atom stereocenters. The highest BCUT2D eigenvalue weighted by molar-refractivity contribution is 7.13. The van der Waals surface area contributed by atoms with Gasteiger partial charge in [0.25, 0.3) is 0 Å². The monoisotopic (exact) mass is 273 g/mol. The molecule has 1 N–H and O–H groups in total. The number of aliphatic carboxylic acids is 1. The van der Waals surface area contributed by atoms with Gasteiger partial charge in [-0.25, -0.2) is 4.98 Å². The van der Waals surface area contributed by atoms with Crippen LogP contribution in [0.2, 0.25) is 0 Å². The van der Waals surface area contributed by atoms with Crippen LogP contribution in [0.15, 0.2) is 23.7 Å². The molecule has 3 rings (SSSR count). The average Bonchev–Trinajstić information content (AvgIpc) is 2.99. The fourth-order valence-corrected chi connectivity index (χ4v) is 3.70. The lowest BCUT2D eigenvalue weighted by molar-refractivity contribution is -0.137. The fraction of sp³-hybridized carbons (Fsp3) is 0.333. The second kappa shape index (κ2) is 4.78. The molecule has 4 heteroatoms. The van der Waals surface area contributed by atoms with E-state index in [1.54, 1.807) is 11.3 Å². The summed E-state index contributed by atoms with van der Waals surface area (Å²) in [5.74, 6) is -0.531. The quantitative estimate of drug-likeness (QED) is 0.929. The number of hydrogen-bond donors (Lipinski definition) is 1. The molecular weight excluding hydrogens is 258 g/mol. The number of rotatable bonds is 3. The van der Waals surface area contributed by atoms with Gasteiger partial charge in [-0.3, -0.25) is 4.79 Å². The molecule has 0 radical (unpaired) electrons. The lowest BCUT2D eigenvalue weighted by Gasteiger charge is -2.12. The molecule has 0 saturated heterocycles. The van der Waals surface area contributed by atoms with E-state index in [2.05, 4.69) is 24.0 Å². The molecule has 1 aromatic carbocycles. The van der Waals surface area contributed by atoms with Crippen molar-refractivity contribution in [3.63, 3.8) is 0 Å². The van der Waals surface area contributed by atoms with E-state index in [0.29, 0.717) is 0 Å². The summed E-state index contributed by atoms with van der Waals surface area (Å²) in [6.07, 6.45) is 3.99. The highest BCUT2D eigenvalue weighted by atomic mass is 32.1. The standard InChI is InChI=1S/C15H15NO2S/c1-9-11-3-2-10(8-14(17)18)13(11)5-4-12(9)15-16-6-7-19-15/h4-7,10H,2-3,8H2,1H3,(H,17,18)/t10-/m1/s1. The summed E-state index contributed by atoms with van der Waals surface area (Å²) >= 11 is 1.64. The van der Waals surface area contributed by atoms with E-state index in [0.717, 1.165) is 17.8 Å². The van der Waals surface area contributed by atoms with Gasteiger partial charge in [0.15, 0.2) is 0 Å². The first kappa shape index (κ1) is 12.4. The van der Waals surface area contributed by atoms with Crippen molar-refractivity contribution in [3.8, 4) is 10.6 Å². The highest BCUT2D eigenvalue weighted by Gasteiger charge is 2.27. The Bertz CT molecular complexity index is 619. The second-order valence-electron chi connectivity index (χ2n) is 4.98. The highest BCUT2D eigenvalue weighted by Crippen LogP contribution is 2.40. The maximum Gasteiger partial charge on any atom is 0.303 e. The van der Waals surface area contributed by atoms with Crippen LogP contribution in [0, 0.1) is 6.92 Å². The molecule has 1 aliphatic carbocycles. The van der Waals surface area contributed by atoms with Gasteiger partial charge < -0.3 is 5.11 Å². The summed E-state index contributed by atoms with van der Waals surface area (Å²) < 4.78 is 0. The van der Waals surface area contributed by atoms with Gasteiger partial charge in [0, 0.05) is 17.1 Å². The summed E-state index contributed by atoms with van der Waals surface area (Å²) in [5, 5.41) is 12.0. The Kier molecular flexibility index (Phi) is 3.11. The van der Waals surface area contributed by atoms with Crippen molar-refractivity contribution in [2.75, 3.05) is 0 Å². The molecule has 3 nitrogen and oxygen atoms in total. The van der Waals surface area contributed by atoms with Crippen molar-refractivity contribution < 1.29 is 9.90 Å². The SMILES string of the molecule is Cc1c(-c2nccs2)ccc2c1CC[C@@H]2CC(=O)O. The summed E-state index contributed by atoms with van der Waals surface area (Å²) in [6, 6.07) is 4.19. The number of carbonyl (C=O) groups is 1. The minimum absolute atomic E-state index is 0.177. The Balaban J connectivity index is 2.01. The molecule has 1 aliphatic rings. The first-order chi connectivity index (χ1) is 9.16. The largest absolute Gasteiger partial charge is 0.481 e. The Morgan fingerprint density at radius 1 is 1.53 bits per heavy atom. The zero-order valence-corrected chi connectivity index (χ0v) is 11.5. The van der Waals surface area contributed by atoms with E-state index < -0.39 is 5.97 Å². The lowest BCUT2D eigenvalue weighted by atomic mass is 9.94. The molecule has 0 fully saturated rings. The van der Waals surface area contributed by atoms with Crippen molar-refractivity contribution in [2.45, 2.75) is 32.1 Å². The van der Waals surface area contributed by atoms with Crippen molar-refractivity contribution in [1.29, 1.82) is 0 Å². The first-order valence-corrected chi connectivity index (χ1v) is 7.29. The van der Waals surface area contributed by atoms with E-state index in [4.69, 9.17) is 5.11 Å². The van der Waals surface area contributed by atoms with Gasteiger partial charge in [-0.15, -0.1) is 11.3 Å². The smallest absolute Gasteiger partial charge is 0.303 e. The van der Waals surface area contributed by atoms with Gasteiger partial charge in [-0.05, 0) is 42.4 Å². The molecular formula is C15H15NO2S. The molecule has 1 heterocycles. The molecule has 0 amide bonds. The normalized spacial score (nSPS) is 17.4. The van der Waals surface area contributed by atoms with Crippen molar-refractivity contribution >= 4 is 17.3 Å². The van der Waals surface area contributed by atoms with Gasteiger partial charge in [0.2, 0.25) is 0 Å². The van der Waals surface area contributed by atoms with Crippen LogP contribution >= 0.6 is 11.3 Å². The molecule has 19 heavy (non-hydrogen) atoms. The lowest BCUT2D eigenvalue weighted by Crippen LogP contribution is -2.03. The summed E-state index contributed by atoms with van der Waals surface area (Å²) in [6.45, 7) is 2.12. The van der Waals surface area contributed by atoms with E-state index in [1.807, 2.05) is 11.6 Å². The molecule has 0 saturated carbocycles. The summed E-state index contributed by atoms with van der Waals surface area (Å²) in [5.41, 5.74) is 5.00. The molecule has 98 valence electrons. The fourth-order valence-electron chi connectivity index (χ4n) is 2.98. The van der Waals surface area contributed by atoms with Gasteiger partial charge in [0.1, 0.15) is 5.01 Å². The minimum atomic E-state index is -0.709. The molecule has 0 unspecified atom stereocenters.